The Bertz CT molecular complexity index is 1420. The zero-order chi connectivity index (χ0) is 30.6. The van der Waals surface area contributed by atoms with E-state index in [1.807, 2.05) is 48.5 Å². The van der Waals surface area contributed by atoms with Crippen LogP contribution in [0, 0.1) is 0 Å². The number of nitrogens with zero attached hydrogens (tertiary/aromatic N) is 1. The molecule has 3 aromatic rings. The van der Waals surface area contributed by atoms with Gasteiger partial charge in [-0.3, -0.25) is 9.69 Å². The van der Waals surface area contributed by atoms with Crippen molar-refractivity contribution in [3.8, 4) is 16.9 Å². The van der Waals surface area contributed by atoms with Gasteiger partial charge in [0.2, 0.25) is 0 Å². The molecule has 1 N–H and O–H groups in total. The van der Waals surface area contributed by atoms with Gasteiger partial charge in [0.05, 0.1) is 14.7 Å². The molecule has 8 nitrogen and oxygen atoms in total. The van der Waals surface area contributed by atoms with Crippen molar-refractivity contribution in [3.05, 3.63) is 89.5 Å². The molecule has 0 saturated carbocycles. The summed E-state index contributed by atoms with van der Waals surface area (Å²) in [6.07, 6.45) is 0.798. The molecule has 9 heteroatoms. The van der Waals surface area contributed by atoms with Gasteiger partial charge in [-0.2, -0.15) is 0 Å². The van der Waals surface area contributed by atoms with Gasteiger partial charge >= 0.3 is 12.1 Å². The Morgan fingerprint density at radius 1 is 0.907 bits per heavy atom. The van der Waals surface area contributed by atoms with Crippen molar-refractivity contribution in [2.24, 2.45) is 0 Å². The van der Waals surface area contributed by atoms with Gasteiger partial charge < -0.3 is 19.5 Å². The lowest BCUT2D eigenvalue weighted by molar-refractivity contribution is -0.148. The highest BCUT2D eigenvalue weighted by molar-refractivity contribution is 6.77. The molecule has 0 aromatic heterocycles. The highest BCUT2D eigenvalue weighted by Gasteiger charge is 2.38. The van der Waals surface area contributed by atoms with E-state index in [1.165, 1.54) is 16.0 Å². The Morgan fingerprint density at radius 2 is 1.53 bits per heavy atom. The minimum absolute atomic E-state index is 0.0394. The van der Waals surface area contributed by atoms with Crippen molar-refractivity contribution in [3.63, 3.8) is 0 Å². The second-order valence-corrected chi connectivity index (χ2v) is 17.7. The van der Waals surface area contributed by atoms with Crippen LogP contribution in [0.2, 0.25) is 19.6 Å². The summed E-state index contributed by atoms with van der Waals surface area (Å²) in [7, 11) is -0.239. The zero-order valence-corrected chi connectivity index (χ0v) is 26.3. The average Bonchev–Trinajstić information content (AvgIpc) is 3.62. The normalized spacial score (nSPS) is 16.7. The number of amides is 2. The number of carbonyl (C=O) groups excluding carboxylic acids is 3. The molecule has 0 radical (unpaired) electrons. The van der Waals surface area contributed by atoms with E-state index in [9.17, 15) is 14.4 Å². The Labute approximate surface area is 254 Å². The minimum atomic E-state index is -1.81. The molecule has 226 valence electrons. The van der Waals surface area contributed by atoms with Crippen LogP contribution in [-0.2, 0) is 19.1 Å². The Morgan fingerprint density at radius 3 is 2.14 bits per heavy atom. The van der Waals surface area contributed by atoms with Crippen LogP contribution in [0.1, 0.15) is 41.0 Å². The van der Waals surface area contributed by atoms with Gasteiger partial charge in [-0.1, -0.05) is 80.3 Å². The number of carbonyl (C=O) groups is 3. The van der Waals surface area contributed by atoms with Crippen molar-refractivity contribution in [2.45, 2.75) is 50.0 Å². The van der Waals surface area contributed by atoms with E-state index >= 15 is 0 Å². The molecule has 1 fully saturated rings. The fourth-order valence-corrected chi connectivity index (χ4v) is 7.81. The maximum atomic E-state index is 13.3. The van der Waals surface area contributed by atoms with Gasteiger partial charge in [-0.05, 0) is 52.8 Å². The summed E-state index contributed by atoms with van der Waals surface area (Å²) >= 11 is 0. The molecule has 0 spiro atoms. The van der Waals surface area contributed by atoms with Crippen molar-refractivity contribution in [1.82, 2.24) is 10.2 Å². The van der Waals surface area contributed by atoms with E-state index in [0.29, 0.717) is 18.7 Å². The van der Waals surface area contributed by atoms with Crippen molar-refractivity contribution < 1.29 is 28.6 Å². The lowest BCUT2D eigenvalue weighted by Gasteiger charge is -2.30. The first-order chi connectivity index (χ1) is 20.7. The van der Waals surface area contributed by atoms with E-state index in [2.05, 4.69) is 49.2 Å². The summed E-state index contributed by atoms with van der Waals surface area (Å²) in [5.74, 6) is -0.0272. The predicted octanol–water partition coefficient (Wildman–Crippen LogP) is 5.73. The van der Waals surface area contributed by atoms with Gasteiger partial charge in [0.25, 0.3) is 5.91 Å². The maximum absolute atomic E-state index is 13.3. The van der Waals surface area contributed by atoms with Crippen LogP contribution in [0.25, 0.3) is 11.1 Å². The van der Waals surface area contributed by atoms with Crippen LogP contribution in [0.5, 0.6) is 5.75 Å². The molecule has 1 aliphatic heterocycles. The molecule has 2 atom stereocenters. The second kappa shape index (κ2) is 13.0. The fourth-order valence-electron chi connectivity index (χ4n) is 6.03. The van der Waals surface area contributed by atoms with E-state index in [-0.39, 0.29) is 43.2 Å². The van der Waals surface area contributed by atoms with E-state index < -0.39 is 20.2 Å². The van der Waals surface area contributed by atoms with Crippen molar-refractivity contribution >= 4 is 26.0 Å². The first kappa shape index (κ1) is 30.3. The first-order valence-electron chi connectivity index (χ1n) is 14.9. The Hall–Kier alpha value is -4.11. The van der Waals surface area contributed by atoms with Gasteiger partial charge in [0, 0.05) is 25.1 Å². The topological polar surface area (TPSA) is 94.2 Å². The monoisotopic (exact) mass is 600 g/mol. The van der Waals surface area contributed by atoms with Gasteiger partial charge in [0.15, 0.2) is 6.61 Å². The number of hydrogen-bond donors (Lipinski definition) is 1. The van der Waals surface area contributed by atoms with Gasteiger partial charge in [0.1, 0.15) is 18.4 Å². The number of likely N-dealkylation sites (N-methyl/N-ethyl adjacent to an activating group) is 1. The molecule has 3 aromatic carbocycles. The van der Waals surface area contributed by atoms with Crippen LogP contribution in [0.4, 0.5) is 4.79 Å². The number of hydrogen-bond acceptors (Lipinski definition) is 6. The van der Waals surface area contributed by atoms with E-state index in [4.69, 9.17) is 14.2 Å². The molecular formula is C34H40N2O6Si. The molecule has 1 heterocycles. The molecule has 1 saturated heterocycles. The number of rotatable bonds is 10. The largest absolute Gasteiger partial charge is 0.484 e. The molecule has 2 aliphatic rings. The van der Waals surface area contributed by atoms with E-state index in [1.54, 1.807) is 7.05 Å². The molecule has 2 amide bonds. The summed E-state index contributed by atoms with van der Waals surface area (Å²) < 4.78 is 17.3. The van der Waals surface area contributed by atoms with Gasteiger partial charge in [-0.25, -0.2) is 9.59 Å². The van der Waals surface area contributed by atoms with Crippen molar-refractivity contribution in [2.75, 3.05) is 33.4 Å². The third-order valence-electron chi connectivity index (χ3n) is 8.46. The Kier molecular flexibility index (Phi) is 9.20. The molecule has 1 unspecified atom stereocenters. The number of benzene rings is 3. The van der Waals surface area contributed by atoms with E-state index in [0.717, 1.165) is 23.1 Å². The minimum Gasteiger partial charge on any atom is -0.484 e. The van der Waals surface area contributed by atoms with Gasteiger partial charge in [-0.15, -0.1) is 0 Å². The predicted molar refractivity (Wildman–Crippen MR) is 168 cm³/mol. The van der Waals surface area contributed by atoms with Crippen molar-refractivity contribution in [1.29, 1.82) is 0 Å². The number of likely N-dealkylation sites (tertiary alicyclic amines) is 1. The second-order valence-electron chi connectivity index (χ2n) is 12.2. The number of ether oxygens (including phenoxy) is 3. The molecule has 5 rings (SSSR count). The molecular weight excluding hydrogens is 560 g/mol. The quantitative estimate of drug-likeness (QED) is 0.236. The SMILES string of the molecule is CNC(=O)COc1ccc(C(COC(=O)[C@@H]2CCCN2C(=O)OCC2c3ccccc3-c3ccccc32)[Si](C)(C)C)cc1. The fraction of sp³-hybridized carbons (Fsp3) is 0.382. The van der Waals surface area contributed by atoms with Crippen LogP contribution in [0.3, 0.4) is 0 Å². The maximum Gasteiger partial charge on any atom is 0.410 e. The summed E-state index contributed by atoms with van der Waals surface area (Å²) in [4.78, 5) is 39.6. The Balaban J connectivity index is 1.20. The number of esters is 1. The lowest BCUT2D eigenvalue weighted by Crippen LogP contribution is -2.43. The van der Waals surface area contributed by atoms with Crippen LogP contribution in [0.15, 0.2) is 72.8 Å². The molecule has 0 bridgehead atoms. The third-order valence-corrected chi connectivity index (χ3v) is 11.1. The van der Waals surface area contributed by atoms with Crippen LogP contribution in [-0.4, -0.2) is 70.4 Å². The average molecular weight is 601 g/mol. The highest BCUT2D eigenvalue weighted by atomic mass is 28.3. The molecule has 43 heavy (non-hydrogen) atoms. The highest BCUT2D eigenvalue weighted by Crippen LogP contribution is 2.44. The number of nitrogens with one attached hydrogen (secondary N) is 1. The third kappa shape index (κ3) is 6.77. The number of fused-ring (bicyclic) bond motifs is 3. The summed E-state index contributed by atoms with van der Waals surface area (Å²) in [5, 5.41) is 2.53. The first-order valence-corrected chi connectivity index (χ1v) is 18.5. The zero-order valence-electron chi connectivity index (χ0n) is 25.3. The standard InChI is InChI=1S/C34H40N2O6Si/c1-35-32(37)22-40-24-17-15-23(16-18-24)31(43(2,3)4)21-41-33(38)30-14-9-19-36(30)34(39)42-20-29-27-12-7-5-10-25(27)26-11-6-8-13-28(26)29/h5-8,10-13,15-18,29-31H,9,14,19-22H2,1-4H3,(H,35,37)/t30-,31?/m0/s1. The van der Waals surface area contributed by atoms with Crippen LogP contribution >= 0.6 is 0 Å². The smallest absolute Gasteiger partial charge is 0.410 e. The summed E-state index contributed by atoms with van der Waals surface area (Å²) in [6.45, 7) is 7.58. The summed E-state index contributed by atoms with van der Waals surface area (Å²) in [6, 6.07) is 23.4. The summed E-state index contributed by atoms with van der Waals surface area (Å²) in [5.41, 5.74) is 5.75. The lowest BCUT2D eigenvalue weighted by atomic mass is 9.98. The van der Waals surface area contributed by atoms with Crippen LogP contribution < -0.4 is 10.1 Å². The molecule has 1 aliphatic carbocycles.